The first-order valence-electron chi connectivity index (χ1n) is 6.62. The predicted molar refractivity (Wildman–Crippen MR) is 81.7 cm³/mol. The van der Waals surface area contributed by atoms with Crippen LogP contribution < -0.4 is 0 Å². The van der Waals surface area contributed by atoms with Crippen molar-refractivity contribution < 1.29 is 22.0 Å². The largest absolute Gasteiger partial charge is 0.417 e. The molecule has 0 unspecified atom stereocenters. The maximum Gasteiger partial charge on any atom is 0.417 e. The van der Waals surface area contributed by atoms with Gasteiger partial charge in [-0.2, -0.15) is 18.2 Å². The summed E-state index contributed by atoms with van der Waals surface area (Å²) in [5.74, 6) is -2.26. The minimum absolute atomic E-state index is 0.114. The highest BCUT2D eigenvalue weighted by Crippen LogP contribution is 2.36. The zero-order chi connectivity index (χ0) is 18.4. The molecule has 3 nitrogen and oxygen atoms in total. The highest BCUT2D eigenvalue weighted by molar-refractivity contribution is 6.31. The fraction of sp³-hybridized carbons (Fsp3) is 0.0667. The third-order valence-electron chi connectivity index (χ3n) is 3.25. The third-order valence-corrected chi connectivity index (χ3v) is 3.83. The van der Waals surface area contributed by atoms with Crippen molar-refractivity contribution in [3.63, 3.8) is 0 Å². The van der Waals surface area contributed by atoms with E-state index >= 15 is 0 Å². The lowest BCUT2D eigenvalue weighted by Gasteiger charge is -2.11. The van der Waals surface area contributed by atoms with E-state index in [0.717, 1.165) is 28.9 Å². The highest BCUT2D eigenvalue weighted by atomic mass is 35.5. The van der Waals surface area contributed by atoms with Gasteiger partial charge in [0.1, 0.15) is 11.6 Å². The molecule has 0 saturated carbocycles. The highest BCUT2D eigenvalue weighted by Gasteiger charge is 2.33. The third kappa shape index (κ3) is 3.32. The van der Waals surface area contributed by atoms with Gasteiger partial charge >= 0.3 is 6.18 Å². The van der Waals surface area contributed by atoms with E-state index in [1.165, 1.54) is 6.07 Å². The molecule has 0 radical (unpaired) electrons. The maximum atomic E-state index is 13.8. The summed E-state index contributed by atoms with van der Waals surface area (Å²) in [6.45, 7) is 0. The second kappa shape index (κ2) is 6.27. The van der Waals surface area contributed by atoms with Crippen molar-refractivity contribution in [2.24, 2.45) is 0 Å². The smallest absolute Gasteiger partial charge is 0.206 e. The van der Waals surface area contributed by atoms with Crippen LogP contribution in [0.4, 0.5) is 22.0 Å². The monoisotopic (exact) mass is 393 g/mol. The van der Waals surface area contributed by atoms with E-state index in [0.29, 0.717) is 6.07 Å². The molecule has 0 bridgehead atoms. The van der Waals surface area contributed by atoms with Gasteiger partial charge in [0.2, 0.25) is 5.28 Å². The summed E-state index contributed by atoms with van der Waals surface area (Å²) >= 11 is 11.4. The van der Waals surface area contributed by atoms with Gasteiger partial charge in [0.05, 0.1) is 21.8 Å². The van der Waals surface area contributed by atoms with Gasteiger partial charge in [-0.25, -0.2) is 13.5 Å². The predicted octanol–water partition coefficient (Wildman–Crippen LogP) is 5.54. The molecule has 0 aliphatic heterocycles. The van der Waals surface area contributed by atoms with Gasteiger partial charge in [-0.1, -0.05) is 17.7 Å². The second-order valence-electron chi connectivity index (χ2n) is 4.87. The van der Waals surface area contributed by atoms with Gasteiger partial charge in [-0.15, -0.1) is 5.10 Å². The molecule has 0 N–H and O–H groups in total. The van der Waals surface area contributed by atoms with Gasteiger partial charge in [0.25, 0.3) is 0 Å². The molecule has 0 fully saturated rings. The Kier molecular flexibility index (Phi) is 4.42. The van der Waals surface area contributed by atoms with Crippen LogP contribution in [0.15, 0.2) is 36.4 Å². The Labute approximate surface area is 147 Å². The lowest BCUT2D eigenvalue weighted by atomic mass is 10.2. The molecule has 0 aliphatic rings. The van der Waals surface area contributed by atoms with Crippen molar-refractivity contribution in [2.75, 3.05) is 0 Å². The van der Waals surface area contributed by atoms with Gasteiger partial charge in [0, 0.05) is 0 Å². The van der Waals surface area contributed by atoms with Crippen LogP contribution in [0.25, 0.3) is 17.1 Å². The average Bonchev–Trinajstić information content (AvgIpc) is 2.88. The fourth-order valence-electron chi connectivity index (χ4n) is 2.14. The van der Waals surface area contributed by atoms with Crippen LogP contribution in [0.1, 0.15) is 5.56 Å². The van der Waals surface area contributed by atoms with Crippen LogP contribution in [0, 0.1) is 11.6 Å². The number of hydrogen-bond acceptors (Lipinski definition) is 2. The Morgan fingerprint density at radius 3 is 2.20 bits per heavy atom. The van der Waals surface area contributed by atoms with E-state index in [2.05, 4.69) is 10.1 Å². The topological polar surface area (TPSA) is 30.7 Å². The first kappa shape index (κ1) is 17.6. The summed E-state index contributed by atoms with van der Waals surface area (Å²) in [6.07, 6.45) is -4.69. The molecule has 130 valence electrons. The Morgan fingerprint density at radius 1 is 0.960 bits per heavy atom. The van der Waals surface area contributed by atoms with Crippen molar-refractivity contribution >= 4 is 23.2 Å². The number of hydrogen-bond donors (Lipinski definition) is 0. The van der Waals surface area contributed by atoms with E-state index < -0.39 is 39.8 Å². The molecule has 1 heterocycles. The molecule has 0 aliphatic carbocycles. The van der Waals surface area contributed by atoms with E-state index in [4.69, 9.17) is 23.2 Å². The number of aromatic nitrogens is 3. The van der Waals surface area contributed by atoms with Crippen LogP contribution in [-0.2, 0) is 6.18 Å². The molecule has 0 spiro atoms. The molecular formula is C15H6Cl2F5N3. The summed E-state index contributed by atoms with van der Waals surface area (Å²) in [4.78, 5) is 3.72. The molecule has 2 aromatic carbocycles. The van der Waals surface area contributed by atoms with Crippen molar-refractivity contribution in [3.05, 3.63) is 63.9 Å². The first-order valence-corrected chi connectivity index (χ1v) is 7.38. The Morgan fingerprint density at radius 2 is 1.60 bits per heavy atom. The molecule has 3 rings (SSSR count). The van der Waals surface area contributed by atoms with Crippen LogP contribution in [0.5, 0.6) is 0 Å². The summed E-state index contributed by atoms with van der Waals surface area (Å²) in [5.41, 5.74) is -1.75. The Balaban J connectivity index is 2.14. The Bertz CT molecular complexity index is 933. The maximum absolute atomic E-state index is 13.8. The SMILES string of the molecule is Fc1cccc(F)c1-c1nc(Cl)n(-c2ccc(Cl)c(C(F)(F)F)c2)n1. The summed E-state index contributed by atoms with van der Waals surface area (Å²) < 4.78 is 67.3. The molecule has 0 amide bonds. The summed E-state index contributed by atoms with van der Waals surface area (Å²) in [6, 6.07) is 6.10. The van der Waals surface area contributed by atoms with Crippen LogP contribution >= 0.6 is 23.2 Å². The normalized spacial score (nSPS) is 11.8. The molecular weight excluding hydrogens is 388 g/mol. The van der Waals surface area contributed by atoms with Crippen LogP contribution in [0.2, 0.25) is 10.3 Å². The Hall–Kier alpha value is -2.19. The molecule has 10 heteroatoms. The van der Waals surface area contributed by atoms with Gasteiger partial charge in [0.15, 0.2) is 5.82 Å². The van der Waals surface area contributed by atoms with Crippen molar-refractivity contribution in [3.8, 4) is 17.1 Å². The van der Waals surface area contributed by atoms with E-state index in [-0.39, 0.29) is 11.0 Å². The van der Waals surface area contributed by atoms with E-state index in [1.807, 2.05) is 0 Å². The number of benzene rings is 2. The quantitative estimate of drug-likeness (QED) is 0.535. The van der Waals surface area contributed by atoms with Crippen LogP contribution in [0.3, 0.4) is 0 Å². The van der Waals surface area contributed by atoms with E-state index in [9.17, 15) is 22.0 Å². The van der Waals surface area contributed by atoms with Crippen LogP contribution in [-0.4, -0.2) is 14.8 Å². The molecule has 1 aromatic heterocycles. The molecule has 3 aromatic rings. The van der Waals surface area contributed by atoms with Crippen molar-refractivity contribution in [1.82, 2.24) is 14.8 Å². The standard InChI is InChI=1S/C15H6Cl2F5N3/c16-9-5-4-7(6-8(9)15(20,21)22)25-14(17)23-13(24-25)12-10(18)2-1-3-11(12)19/h1-6H. The minimum Gasteiger partial charge on any atom is -0.206 e. The van der Waals surface area contributed by atoms with Gasteiger partial charge < -0.3 is 0 Å². The zero-order valence-corrected chi connectivity index (χ0v) is 13.5. The first-order chi connectivity index (χ1) is 11.7. The fourth-order valence-corrected chi connectivity index (χ4v) is 2.58. The summed E-state index contributed by atoms with van der Waals surface area (Å²) in [7, 11) is 0. The van der Waals surface area contributed by atoms with Gasteiger partial charge in [-0.05, 0) is 41.9 Å². The molecule has 25 heavy (non-hydrogen) atoms. The number of rotatable bonds is 2. The molecule has 0 saturated heterocycles. The van der Waals surface area contributed by atoms with Crippen molar-refractivity contribution in [2.45, 2.75) is 6.18 Å². The minimum atomic E-state index is -4.69. The second-order valence-corrected chi connectivity index (χ2v) is 5.62. The summed E-state index contributed by atoms with van der Waals surface area (Å²) in [5, 5.41) is 2.93. The molecule has 0 atom stereocenters. The van der Waals surface area contributed by atoms with Gasteiger partial charge in [-0.3, -0.25) is 0 Å². The number of halogens is 7. The van der Waals surface area contributed by atoms with Crippen molar-refractivity contribution in [1.29, 1.82) is 0 Å². The number of alkyl halides is 3. The lowest BCUT2D eigenvalue weighted by molar-refractivity contribution is -0.137. The lowest BCUT2D eigenvalue weighted by Crippen LogP contribution is -2.08. The van der Waals surface area contributed by atoms with E-state index in [1.54, 1.807) is 0 Å². The zero-order valence-electron chi connectivity index (χ0n) is 12.0. The average molecular weight is 394 g/mol. The number of nitrogens with zero attached hydrogens (tertiary/aromatic N) is 3.